The molecule has 0 spiro atoms. The molecule has 0 bridgehead atoms. The molecule has 0 radical (unpaired) electrons. The van der Waals surface area contributed by atoms with Crippen molar-refractivity contribution in [3.05, 3.63) is 65.0 Å². The first-order valence-corrected chi connectivity index (χ1v) is 10.9. The maximum Gasteiger partial charge on any atom is 0.191 e. The molecular weight excluding hydrogens is 381 g/mol. The molecule has 2 N–H and O–H groups in total. The van der Waals surface area contributed by atoms with E-state index in [1.54, 1.807) is 7.05 Å². The number of sulfone groups is 1. The van der Waals surface area contributed by atoms with Gasteiger partial charge < -0.3 is 15.4 Å². The van der Waals surface area contributed by atoms with Gasteiger partial charge in [0.1, 0.15) is 18.2 Å². The monoisotopic (exact) mass is 407 g/mol. The van der Waals surface area contributed by atoms with Gasteiger partial charge >= 0.3 is 0 Å². The number of ether oxygens (including phenoxy) is 1. The van der Waals surface area contributed by atoms with Gasteiger partial charge in [-0.15, -0.1) is 0 Å². The first-order valence-electron chi connectivity index (χ1n) is 8.86. The second-order valence-electron chi connectivity index (χ2n) is 6.50. The van der Waals surface area contributed by atoms with E-state index in [1.807, 2.05) is 31.2 Å². The Balaban J connectivity index is 1.86. The quantitative estimate of drug-likeness (QED) is 0.399. The van der Waals surface area contributed by atoms with Gasteiger partial charge in [-0.3, -0.25) is 4.99 Å². The Labute approximate surface area is 165 Å². The molecule has 0 saturated heterocycles. The highest BCUT2D eigenvalue weighted by atomic mass is 32.2. The smallest absolute Gasteiger partial charge is 0.191 e. The fourth-order valence-electron chi connectivity index (χ4n) is 2.55. The van der Waals surface area contributed by atoms with E-state index in [0.29, 0.717) is 30.2 Å². The third-order valence-corrected chi connectivity index (χ3v) is 4.78. The van der Waals surface area contributed by atoms with Crippen molar-refractivity contribution in [2.24, 2.45) is 4.99 Å². The molecule has 0 atom stereocenters. The van der Waals surface area contributed by atoms with Gasteiger partial charge in [-0.05, 0) is 42.3 Å². The van der Waals surface area contributed by atoms with Crippen LogP contribution in [0.3, 0.4) is 0 Å². The second kappa shape index (κ2) is 10.1. The van der Waals surface area contributed by atoms with Crippen molar-refractivity contribution in [1.82, 2.24) is 10.6 Å². The Morgan fingerprint density at radius 1 is 1.11 bits per heavy atom. The summed E-state index contributed by atoms with van der Waals surface area (Å²) in [5, 5.41) is 6.17. The largest absolute Gasteiger partial charge is 0.492 e. The van der Waals surface area contributed by atoms with E-state index in [2.05, 4.69) is 15.6 Å². The van der Waals surface area contributed by atoms with Gasteiger partial charge in [-0.1, -0.05) is 23.8 Å². The van der Waals surface area contributed by atoms with Gasteiger partial charge in [0.15, 0.2) is 15.8 Å². The first-order chi connectivity index (χ1) is 13.3. The zero-order valence-electron chi connectivity index (χ0n) is 16.3. The minimum Gasteiger partial charge on any atom is -0.492 e. The molecule has 28 heavy (non-hydrogen) atoms. The topological polar surface area (TPSA) is 79.8 Å². The van der Waals surface area contributed by atoms with Crippen LogP contribution in [0.25, 0.3) is 0 Å². The molecular formula is C20H26FN3O3S. The summed E-state index contributed by atoms with van der Waals surface area (Å²) in [4.78, 5) is 4.11. The lowest BCUT2D eigenvalue weighted by Gasteiger charge is -2.14. The van der Waals surface area contributed by atoms with Gasteiger partial charge in [0.05, 0.1) is 12.3 Å². The molecule has 0 unspecified atom stereocenters. The average molecular weight is 408 g/mol. The van der Waals surface area contributed by atoms with E-state index in [1.165, 1.54) is 23.8 Å². The number of aliphatic imine (C=N–C) groups is 1. The van der Waals surface area contributed by atoms with E-state index in [9.17, 15) is 12.8 Å². The molecule has 0 amide bonds. The Morgan fingerprint density at radius 3 is 2.46 bits per heavy atom. The molecule has 0 aliphatic carbocycles. The van der Waals surface area contributed by atoms with Crippen LogP contribution in [0.15, 0.2) is 47.5 Å². The van der Waals surface area contributed by atoms with Gasteiger partial charge in [-0.25, -0.2) is 12.8 Å². The molecule has 2 aromatic rings. The Morgan fingerprint density at radius 2 is 1.82 bits per heavy atom. The van der Waals surface area contributed by atoms with Gasteiger partial charge in [0, 0.05) is 19.8 Å². The third-order valence-electron chi connectivity index (χ3n) is 3.94. The van der Waals surface area contributed by atoms with Crippen LogP contribution in [-0.2, 0) is 22.1 Å². The maximum absolute atomic E-state index is 13.6. The first kappa shape index (κ1) is 21.7. The van der Waals surface area contributed by atoms with Gasteiger partial charge in [0.2, 0.25) is 0 Å². The second-order valence-corrected chi connectivity index (χ2v) is 8.64. The summed E-state index contributed by atoms with van der Waals surface area (Å²) in [6.45, 7) is 3.23. The van der Waals surface area contributed by atoms with Crippen LogP contribution < -0.4 is 15.4 Å². The number of nitrogens with zero attached hydrogens (tertiary/aromatic N) is 1. The Bertz CT molecular complexity index is 913. The molecule has 2 rings (SSSR count). The summed E-state index contributed by atoms with van der Waals surface area (Å²) in [5.74, 6) is 0.756. The van der Waals surface area contributed by atoms with Crippen LogP contribution in [-0.4, -0.2) is 40.8 Å². The third kappa shape index (κ3) is 7.56. The van der Waals surface area contributed by atoms with Crippen molar-refractivity contribution < 1.29 is 17.5 Å². The molecule has 6 nitrogen and oxygen atoms in total. The fourth-order valence-corrected chi connectivity index (χ4v) is 3.40. The van der Waals surface area contributed by atoms with Crippen molar-refractivity contribution in [3.63, 3.8) is 0 Å². The highest BCUT2D eigenvalue weighted by Gasteiger charge is 2.11. The molecule has 0 aliphatic rings. The van der Waals surface area contributed by atoms with Gasteiger partial charge in [0.25, 0.3) is 0 Å². The number of benzene rings is 2. The minimum absolute atomic E-state index is 0.138. The predicted octanol–water partition coefficient (Wildman–Crippen LogP) is 2.42. The Hall–Kier alpha value is -2.61. The molecule has 0 aliphatic heterocycles. The van der Waals surface area contributed by atoms with Crippen LogP contribution in [0.2, 0.25) is 0 Å². The van der Waals surface area contributed by atoms with Crippen molar-refractivity contribution in [2.75, 3.05) is 26.5 Å². The van der Waals surface area contributed by atoms with E-state index in [-0.39, 0.29) is 12.3 Å². The van der Waals surface area contributed by atoms with Crippen LogP contribution in [0.1, 0.15) is 16.7 Å². The standard InChI is InChI=1S/C20H26FN3O3S/c1-15-4-8-19(9-5-15)27-11-10-23-20(22-2)24-13-17-12-18(21)7-6-16(17)14-28(3,25)26/h4-9,12H,10-11,13-14H2,1-3H3,(H2,22,23,24). The van der Waals surface area contributed by atoms with Crippen molar-refractivity contribution >= 4 is 15.8 Å². The lowest BCUT2D eigenvalue weighted by molar-refractivity contribution is 0.322. The minimum atomic E-state index is -3.22. The Kier molecular flexibility index (Phi) is 7.80. The molecule has 8 heteroatoms. The van der Waals surface area contributed by atoms with Crippen molar-refractivity contribution in [2.45, 2.75) is 19.2 Å². The fraction of sp³-hybridized carbons (Fsp3) is 0.350. The number of hydrogen-bond donors (Lipinski definition) is 2. The van der Waals surface area contributed by atoms with Crippen molar-refractivity contribution in [1.29, 1.82) is 0 Å². The summed E-state index contributed by atoms with van der Waals surface area (Å²) in [7, 11) is -1.59. The molecule has 152 valence electrons. The van der Waals surface area contributed by atoms with Crippen LogP contribution in [0, 0.1) is 12.7 Å². The lowest BCUT2D eigenvalue weighted by atomic mass is 10.1. The average Bonchev–Trinajstić information content (AvgIpc) is 2.63. The molecule has 0 saturated carbocycles. The summed E-state index contributed by atoms with van der Waals surface area (Å²) in [5.41, 5.74) is 2.31. The number of rotatable bonds is 8. The summed E-state index contributed by atoms with van der Waals surface area (Å²) >= 11 is 0. The summed E-state index contributed by atoms with van der Waals surface area (Å²) < 4.78 is 42.4. The van der Waals surface area contributed by atoms with Crippen LogP contribution in [0.4, 0.5) is 4.39 Å². The molecule has 2 aromatic carbocycles. The number of aryl methyl sites for hydroxylation is 1. The summed E-state index contributed by atoms with van der Waals surface area (Å²) in [6.07, 6.45) is 1.15. The van der Waals surface area contributed by atoms with E-state index in [4.69, 9.17) is 4.74 Å². The maximum atomic E-state index is 13.6. The number of halogens is 1. The van der Waals surface area contributed by atoms with Crippen LogP contribution in [0.5, 0.6) is 5.75 Å². The molecule has 0 aromatic heterocycles. The van der Waals surface area contributed by atoms with Crippen LogP contribution >= 0.6 is 0 Å². The van der Waals surface area contributed by atoms with E-state index >= 15 is 0 Å². The highest BCUT2D eigenvalue weighted by molar-refractivity contribution is 7.89. The zero-order chi connectivity index (χ0) is 20.6. The number of nitrogens with one attached hydrogen (secondary N) is 2. The highest BCUT2D eigenvalue weighted by Crippen LogP contribution is 2.14. The predicted molar refractivity (Wildman–Crippen MR) is 110 cm³/mol. The van der Waals surface area contributed by atoms with E-state index in [0.717, 1.165) is 12.0 Å². The zero-order valence-corrected chi connectivity index (χ0v) is 17.1. The SMILES string of the molecule is CN=C(NCCOc1ccc(C)cc1)NCc1cc(F)ccc1CS(C)(=O)=O. The number of guanidine groups is 1. The molecule has 0 fully saturated rings. The normalized spacial score (nSPS) is 11.9. The number of hydrogen-bond acceptors (Lipinski definition) is 4. The van der Waals surface area contributed by atoms with E-state index < -0.39 is 15.7 Å². The summed E-state index contributed by atoms with van der Waals surface area (Å²) in [6, 6.07) is 11.9. The molecule has 0 heterocycles. The van der Waals surface area contributed by atoms with Gasteiger partial charge in [-0.2, -0.15) is 0 Å². The lowest BCUT2D eigenvalue weighted by Crippen LogP contribution is -2.39. The van der Waals surface area contributed by atoms with Crippen molar-refractivity contribution in [3.8, 4) is 5.75 Å².